The molecular weight excluding hydrogens is 434 g/mol. The Balaban J connectivity index is 2.48. The lowest BCUT2D eigenvalue weighted by atomic mass is 10.0. The predicted molar refractivity (Wildman–Crippen MR) is 101 cm³/mol. The van der Waals surface area contributed by atoms with Crippen molar-refractivity contribution in [2.24, 2.45) is 0 Å². The molecule has 0 fully saturated rings. The fourth-order valence-electron chi connectivity index (χ4n) is 2.63. The number of alkyl halides is 6. The van der Waals surface area contributed by atoms with Crippen LogP contribution in [0.4, 0.5) is 26.3 Å². The van der Waals surface area contributed by atoms with E-state index in [4.69, 9.17) is 9.47 Å². The quantitative estimate of drug-likeness (QED) is 0.222. The van der Waals surface area contributed by atoms with E-state index < -0.39 is 34.8 Å². The highest BCUT2D eigenvalue weighted by molar-refractivity contribution is 7.98. The largest absolute Gasteiger partial charge is 0.493 e. The maximum Gasteiger partial charge on any atom is 0.416 e. The van der Waals surface area contributed by atoms with E-state index in [1.807, 2.05) is 0 Å². The molecule has 0 spiro atoms. The van der Waals surface area contributed by atoms with Crippen LogP contribution in [-0.2, 0) is 12.4 Å². The molecule has 0 aromatic heterocycles. The number of carbonyl (C=O) groups is 1. The molecule has 162 valence electrons. The van der Waals surface area contributed by atoms with Gasteiger partial charge in [-0.2, -0.15) is 26.3 Å². The van der Waals surface area contributed by atoms with Crippen molar-refractivity contribution in [3.05, 3.63) is 58.7 Å². The highest BCUT2D eigenvalue weighted by Crippen LogP contribution is 2.40. The number of benzene rings is 2. The van der Waals surface area contributed by atoms with Crippen molar-refractivity contribution in [1.29, 1.82) is 0 Å². The molecule has 30 heavy (non-hydrogen) atoms. The van der Waals surface area contributed by atoms with Crippen LogP contribution in [-0.4, -0.2) is 26.3 Å². The van der Waals surface area contributed by atoms with Crippen molar-refractivity contribution in [3.8, 4) is 11.5 Å². The number of hydrogen-bond acceptors (Lipinski definition) is 4. The van der Waals surface area contributed by atoms with Gasteiger partial charge in [-0.05, 0) is 48.2 Å². The Morgan fingerprint density at radius 2 is 1.50 bits per heavy atom. The molecular formula is C20H16F6O3S. The van der Waals surface area contributed by atoms with Crippen LogP contribution >= 0.6 is 11.8 Å². The summed E-state index contributed by atoms with van der Waals surface area (Å²) in [5.41, 5.74) is -3.16. The Hall–Kier alpha value is -2.62. The maximum atomic E-state index is 13.0. The minimum Gasteiger partial charge on any atom is -0.493 e. The third-order valence-electron chi connectivity index (χ3n) is 4.01. The molecule has 2 aromatic carbocycles. The number of methoxy groups -OCH3 is 2. The molecule has 0 unspecified atom stereocenters. The smallest absolute Gasteiger partial charge is 0.416 e. The summed E-state index contributed by atoms with van der Waals surface area (Å²) >= 11 is 1.18. The molecule has 0 bridgehead atoms. The van der Waals surface area contributed by atoms with E-state index >= 15 is 0 Å². The number of halogens is 6. The summed E-state index contributed by atoms with van der Waals surface area (Å²) in [6.45, 7) is 0. The van der Waals surface area contributed by atoms with E-state index in [0.717, 1.165) is 12.2 Å². The van der Waals surface area contributed by atoms with Crippen LogP contribution in [0.1, 0.15) is 27.0 Å². The van der Waals surface area contributed by atoms with Crippen LogP contribution in [0.3, 0.4) is 0 Å². The molecule has 3 nitrogen and oxygen atoms in total. The van der Waals surface area contributed by atoms with Gasteiger partial charge in [0.1, 0.15) is 0 Å². The van der Waals surface area contributed by atoms with E-state index in [1.54, 1.807) is 6.26 Å². The zero-order valence-corrected chi connectivity index (χ0v) is 16.8. The van der Waals surface area contributed by atoms with Crippen molar-refractivity contribution in [1.82, 2.24) is 0 Å². The fourth-order valence-corrected chi connectivity index (χ4v) is 3.39. The maximum absolute atomic E-state index is 13.0. The summed E-state index contributed by atoms with van der Waals surface area (Å²) in [7, 11) is 2.79. The van der Waals surface area contributed by atoms with E-state index in [2.05, 4.69) is 0 Å². The Labute approximate surface area is 172 Å². The molecule has 0 heterocycles. The van der Waals surface area contributed by atoms with Gasteiger partial charge in [-0.15, -0.1) is 11.8 Å². The van der Waals surface area contributed by atoms with Crippen LogP contribution in [0.25, 0.3) is 6.08 Å². The minimum atomic E-state index is -4.97. The van der Waals surface area contributed by atoms with E-state index in [0.29, 0.717) is 28.5 Å². The average molecular weight is 450 g/mol. The topological polar surface area (TPSA) is 35.5 Å². The highest BCUT2D eigenvalue weighted by atomic mass is 32.2. The first-order chi connectivity index (χ1) is 13.9. The summed E-state index contributed by atoms with van der Waals surface area (Å²) < 4.78 is 88.2. The number of carbonyl (C=O) groups excluding carboxylic acids is 1. The van der Waals surface area contributed by atoms with Crippen LogP contribution in [0.15, 0.2) is 41.3 Å². The van der Waals surface area contributed by atoms with Gasteiger partial charge in [0, 0.05) is 5.56 Å². The van der Waals surface area contributed by atoms with Crippen molar-refractivity contribution >= 4 is 23.6 Å². The Morgan fingerprint density at radius 3 is 1.93 bits per heavy atom. The summed E-state index contributed by atoms with van der Waals surface area (Å²) in [5, 5.41) is 0. The third-order valence-corrected chi connectivity index (χ3v) is 4.82. The zero-order chi connectivity index (χ0) is 22.7. The van der Waals surface area contributed by atoms with Crippen LogP contribution in [0.5, 0.6) is 11.5 Å². The monoisotopic (exact) mass is 450 g/mol. The SMILES string of the molecule is COc1ccc(C(=O)/C=C/c2cc(C(F)(F)F)cc(C(F)(F)F)c2)c(SC)c1OC. The lowest BCUT2D eigenvalue weighted by Gasteiger charge is -2.14. The number of thioether (sulfide) groups is 1. The normalized spacial score (nSPS) is 12.3. The van der Waals surface area contributed by atoms with Crippen molar-refractivity contribution in [2.75, 3.05) is 20.5 Å². The molecule has 0 saturated heterocycles. The van der Waals surface area contributed by atoms with E-state index in [1.165, 1.54) is 38.1 Å². The summed E-state index contributed by atoms with van der Waals surface area (Å²) in [6.07, 6.45) is -6.43. The number of allylic oxidation sites excluding steroid dienone is 1. The van der Waals surface area contributed by atoms with Gasteiger partial charge in [0.15, 0.2) is 17.3 Å². The molecule has 0 N–H and O–H groups in total. The Kier molecular flexibility index (Phi) is 7.12. The average Bonchev–Trinajstić information content (AvgIpc) is 2.69. The van der Waals surface area contributed by atoms with E-state index in [9.17, 15) is 31.1 Å². The lowest BCUT2D eigenvalue weighted by Crippen LogP contribution is -2.11. The van der Waals surface area contributed by atoms with Crippen molar-refractivity contribution in [2.45, 2.75) is 17.2 Å². The Bertz CT molecular complexity index is 932. The van der Waals surface area contributed by atoms with Crippen molar-refractivity contribution < 1.29 is 40.6 Å². The highest BCUT2D eigenvalue weighted by Gasteiger charge is 2.36. The van der Waals surface area contributed by atoms with Crippen molar-refractivity contribution in [3.63, 3.8) is 0 Å². The molecule has 2 rings (SSSR count). The number of rotatable bonds is 6. The fraction of sp³-hybridized carbons (Fsp3) is 0.250. The van der Waals surface area contributed by atoms with E-state index in [-0.39, 0.29) is 11.6 Å². The van der Waals surface area contributed by atoms with Gasteiger partial charge in [-0.1, -0.05) is 6.08 Å². The van der Waals surface area contributed by atoms with Crippen LogP contribution in [0, 0.1) is 0 Å². The number of hydrogen-bond donors (Lipinski definition) is 0. The first-order valence-electron chi connectivity index (χ1n) is 8.23. The Morgan fingerprint density at radius 1 is 0.933 bits per heavy atom. The van der Waals surface area contributed by atoms with Gasteiger partial charge in [0.05, 0.1) is 30.2 Å². The molecule has 0 aliphatic carbocycles. The van der Waals surface area contributed by atoms with Gasteiger partial charge in [-0.25, -0.2) is 0 Å². The molecule has 2 aromatic rings. The molecule has 0 saturated carbocycles. The second-order valence-electron chi connectivity index (χ2n) is 5.92. The third kappa shape index (κ3) is 5.29. The number of ketones is 1. The minimum absolute atomic E-state index is 0.0271. The number of ether oxygens (including phenoxy) is 2. The zero-order valence-electron chi connectivity index (χ0n) is 15.9. The standard InChI is InChI=1S/C20H16F6O3S/c1-28-16-7-5-14(18(30-3)17(16)29-2)15(27)6-4-11-8-12(19(21,22)23)10-13(9-11)20(24,25)26/h4-10H,1-3H3/b6-4+. The van der Waals surface area contributed by atoms with Gasteiger partial charge < -0.3 is 9.47 Å². The molecule has 0 atom stereocenters. The first kappa shape index (κ1) is 23.7. The molecule has 10 heteroatoms. The second-order valence-corrected chi connectivity index (χ2v) is 6.74. The predicted octanol–water partition coefficient (Wildman–Crippen LogP) is 6.36. The molecule has 0 aliphatic rings. The molecule has 0 aliphatic heterocycles. The second kappa shape index (κ2) is 9.03. The van der Waals surface area contributed by atoms with Gasteiger partial charge >= 0.3 is 12.4 Å². The molecule has 0 radical (unpaired) electrons. The van der Waals surface area contributed by atoms with Gasteiger partial charge in [0.2, 0.25) is 0 Å². The lowest BCUT2D eigenvalue weighted by molar-refractivity contribution is -0.143. The summed E-state index contributed by atoms with van der Waals surface area (Å²) in [5.74, 6) is 0.0454. The summed E-state index contributed by atoms with van der Waals surface area (Å²) in [4.78, 5) is 13.0. The van der Waals surface area contributed by atoms with Crippen LogP contribution < -0.4 is 9.47 Å². The van der Waals surface area contributed by atoms with Crippen LogP contribution in [0.2, 0.25) is 0 Å². The molecule has 0 amide bonds. The van der Waals surface area contributed by atoms with Gasteiger partial charge in [0.25, 0.3) is 0 Å². The summed E-state index contributed by atoms with van der Waals surface area (Å²) in [6, 6.07) is 4.03. The first-order valence-corrected chi connectivity index (χ1v) is 9.45. The van der Waals surface area contributed by atoms with Gasteiger partial charge in [-0.3, -0.25) is 4.79 Å².